The van der Waals surface area contributed by atoms with E-state index in [-0.39, 0.29) is 12.2 Å². The zero-order chi connectivity index (χ0) is 27.9. The molecule has 4 rings (SSSR count). The molecule has 0 unspecified atom stereocenters. The number of unbranched alkanes of at least 4 members (excludes halogenated alkanes) is 1. The van der Waals surface area contributed by atoms with Crippen LogP contribution in [0.5, 0.6) is 17.2 Å². The van der Waals surface area contributed by atoms with Gasteiger partial charge in [-0.2, -0.15) is 0 Å². The Hall–Kier alpha value is -4.59. The Morgan fingerprint density at radius 3 is 2.31 bits per heavy atom. The Labute approximate surface area is 228 Å². The van der Waals surface area contributed by atoms with Crippen LogP contribution in [0.2, 0.25) is 0 Å². The number of aryl methyl sites for hydroxylation is 2. The minimum atomic E-state index is -0.817. The SMILES string of the molecule is CCCCOc1ccc(N2C(=O)NC(=O)/C(=C/c3ccc(OC)cc3OCc3ccc(C)c(C)c3)C2=O)cc1. The van der Waals surface area contributed by atoms with Crippen LogP contribution in [0.1, 0.15) is 42.0 Å². The lowest BCUT2D eigenvalue weighted by atomic mass is 10.1. The minimum absolute atomic E-state index is 0.195. The quantitative estimate of drug-likeness (QED) is 0.205. The molecule has 0 saturated carbocycles. The van der Waals surface area contributed by atoms with Crippen LogP contribution in [0.3, 0.4) is 0 Å². The van der Waals surface area contributed by atoms with Crippen LogP contribution in [-0.4, -0.2) is 31.6 Å². The van der Waals surface area contributed by atoms with Crippen LogP contribution < -0.4 is 24.4 Å². The van der Waals surface area contributed by atoms with Gasteiger partial charge in [0, 0.05) is 11.6 Å². The molecule has 1 heterocycles. The summed E-state index contributed by atoms with van der Waals surface area (Å²) in [7, 11) is 1.54. The van der Waals surface area contributed by atoms with Gasteiger partial charge in [-0.05, 0) is 79.4 Å². The molecule has 0 aliphatic carbocycles. The third kappa shape index (κ3) is 6.46. The summed E-state index contributed by atoms with van der Waals surface area (Å²) in [5.41, 5.74) is 3.93. The Kier molecular flexibility index (Phi) is 8.66. The van der Waals surface area contributed by atoms with Gasteiger partial charge < -0.3 is 14.2 Å². The lowest BCUT2D eigenvalue weighted by Crippen LogP contribution is -2.54. The van der Waals surface area contributed by atoms with Crippen molar-refractivity contribution in [1.82, 2.24) is 5.32 Å². The molecule has 0 aromatic heterocycles. The predicted molar refractivity (Wildman–Crippen MR) is 149 cm³/mol. The number of nitrogens with one attached hydrogen (secondary N) is 1. The second-order valence-electron chi connectivity index (χ2n) is 9.26. The summed E-state index contributed by atoms with van der Waals surface area (Å²) in [5, 5.41) is 2.26. The molecule has 1 saturated heterocycles. The Morgan fingerprint density at radius 1 is 0.872 bits per heavy atom. The molecule has 4 amide bonds. The number of amides is 4. The van der Waals surface area contributed by atoms with E-state index < -0.39 is 17.8 Å². The van der Waals surface area contributed by atoms with Crippen LogP contribution in [0, 0.1) is 13.8 Å². The molecular weight excluding hydrogens is 496 g/mol. The van der Waals surface area contributed by atoms with E-state index in [4.69, 9.17) is 14.2 Å². The monoisotopic (exact) mass is 528 g/mol. The van der Waals surface area contributed by atoms with E-state index in [9.17, 15) is 14.4 Å². The molecule has 0 atom stereocenters. The van der Waals surface area contributed by atoms with Gasteiger partial charge in [-0.25, -0.2) is 9.69 Å². The molecule has 3 aromatic carbocycles. The van der Waals surface area contributed by atoms with Crippen molar-refractivity contribution in [2.24, 2.45) is 0 Å². The van der Waals surface area contributed by atoms with Crippen molar-refractivity contribution in [3.8, 4) is 17.2 Å². The molecule has 1 aliphatic rings. The molecule has 39 heavy (non-hydrogen) atoms. The van der Waals surface area contributed by atoms with E-state index in [0.29, 0.717) is 35.1 Å². The van der Waals surface area contributed by atoms with E-state index in [1.807, 2.05) is 26.0 Å². The topological polar surface area (TPSA) is 94.2 Å². The number of carbonyl (C=O) groups excluding carboxylic acids is 3. The fraction of sp³-hybridized carbons (Fsp3) is 0.258. The van der Waals surface area contributed by atoms with Gasteiger partial charge >= 0.3 is 6.03 Å². The van der Waals surface area contributed by atoms with Gasteiger partial charge in [0.2, 0.25) is 0 Å². The average molecular weight is 529 g/mol. The number of anilines is 1. The Morgan fingerprint density at radius 2 is 1.62 bits per heavy atom. The number of hydrogen-bond donors (Lipinski definition) is 1. The van der Waals surface area contributed by atoms with Crippen molar-refractivity contribution in [3.63, 3.8) is 0 Å². The van der Waals surface area contributed by atoms with E-state index in [2.05, 4.69) is 18.3 Å². The summed E-state index contributed by atoms with van der Waals surface area (Å²) in [5.74, 6) is 0.103. The lowest BCUT2D eigenvalue weighted by molar-refractivity contribution is -0.122. The van der Waals surface area contributed by atoms with Gasteiger partial charge in [0.15, 0.2) is 0 Å². The summed E-state index contributed by atoms with van der Waals surface area (Å²) in [6, 6.07) is 16.9. The molecule has 8 nitrogen and oxygen atoms in total. The minimum Gasteiger partial charge on any atom is -0.497 e. The number of ether oxygens (including phenoxy) is 3. The Balaban J connectivity index is 1.61. The standard InChI is InChI=1S/C31H32N2O6/c1-5-6-15-38-25-13-10-24(11-14-25)33-30(35)27(29(34)32-31(33)36)17-23-9-12-26(37-4)18-28(23)39-19-22-8-7-20(2)21(3)16-22/h7-14,16-18H,5-6,15,19H2,1-4H3,(H,32,34,36)/b27-17-. The zero-order valence-electron chi connectivity index (χ0n) is 22.6. The Bertz CT molecular complexity index is 1410. The number of urea groups is 1. The normalized spacial score (nSPS) is 14.4. The number of carbonyl (C=O) groups is 3. The van der Waals surface area contributed by atoms with Crippen molar-refractivity contribution >= 4 is 29.6 Å². The van der Waals surface area contributed by atoms with Crippen molar-refractivity contribution < 1.29 is 28.6 Å². The van der Waals surface area contributed by atoms with Crippen molar-refractivity contribution in [2.45, 2.75) is 40.2 Å². The smallest absolute Gasteiger partial charge is 0.335 e. The summed E-state index contributed by atoms with van der Waals surface area (Å²) >= 11 is 0. The number of rotatable bonds is 10. The van der Waals surface area contributed by atoms with Crippen LogP contribution >= 0.6 is 0 Å². The maximum Gasteiger partial charge on any atom is 0.335 e. The summed E-state index contributed by atoms with van der Waals surface area (Å²) in [6.07, 6.45) is 3.36. The van der Waals surface area contributed by atoms with Crippen molar-refractivity contribution in [3.05, 3.63) is 88.5 Å². The molecule has 1 N–H and O–H groups in total. The fourth-order valence-electron chi connectivity index (χ4n) is 4.01. The zero-order valence-corrected chi connectivity index (χ0v) is 22.6. The summed E-state index contributed by atoms with van der Waals surface area (Å²) in [4.78, 5) is 39.7. The third-order valence-electron chi connectivity index (χ3n) is 6.45. The molecule has 1 aliphatic heterocycles. The first-order valence-corrected chi connectivity index (χ1v) is 12.8. The second kappa shape index (κ2) is 12.3. The van der Waals surface area contributed by atoms with Crippen LogP contribution in [-0.2, 0) is 16.2 Å². The number of hydrogen-bond acceptors (Lipinski definition) is 6. The number of nitrogens with zero attached hydrogens (tertiary/aromatic N) is 1. The lowest BCUT2D eigenvalue weighted by Gasteiger charge is -2.26. The molecule has 0 bridgehead atoms. The number of methoxy groups -OCH3 is 1. The second-order valence-corrected chi connectivity index (χ2v) is 9.26. The first-order chi connectivity index (χ1) is 18.8. The van der Waals surface area contributed by atoms with Gasteiger partial charge in [-0.3, -0.25) is 14.9 Å². The highest BCUT2D eigenvalue weighted by molar-refractivity contribution is 6.39. The molecule has 3 aromatic rings. The third-order valence-corrected chi connectivity index (χ3v) is 6.45. The van der Waals surface area contributed by atoms with E-state index in [1.165, 1.54) is 11.6 Å². The van der Waals surface area contributed by atoms with Crippen molar-refractivity contribution in [2.75, 3.05) is 18.6 Å². The van der Waals surface area contributed by atoms with Gasteiger partial charge in [0.05, 0.1) is 19.4 Å². The summed E-state index contributed by atoms with van der Waals surface area (Å²) < 4.78 is 17.1. The van der Waals surface area contributed by atoms with Crippen molar-refractivity contribution in [1.29, 1.82) is 0 Å². The van der Waals surface area contributed by atoms with Gasteiger partial charge in [-0.15, -0.1) is 0 Å². The molecule has 0 spiro atoms. The highest BCUT2D eigenvalue weighted by atomic mass is 16.5. The summed E-state index contributed by atoms with van der Waals surface area (Å²) in [6.45, 7) is 7.01. The maximum absolute atomic E-state index is 13.4. The molecular formula is C31H32N2O6. The van der Waals surface area contributed by atoms with Gasteiger partial charge in [0.25, 0.3) is 11.8 Å². The molecule has 0 radical (unpaired) electrons. The van der Waals surface area contributed by atoms with Gasteiger partial charge in [-0.1, -0.05) is 31.5 Å². The van der Waals surface area contributed by atoms with Gasteiger partial charge in [0.1, 0.15) is 29.4 Å². The number of barbiturate groups is 1. The van der Waals surface area contributed by atoms with Crippen LogP contribution in [0.15, 0.2) is 66.2 Å². The van der Waals surface area contributed by atoms with Crippen LogP contribution in [0.4, 0.5) is 10.5 Å². The molecule has 1 fully saturated rings. The maximum atomic E-state index is 13.4. The van der Waals surface area contributed by atoms with E-state index in [0.717, 1.165) is 28.9 Å². The number of benzene rings is 3. The van der Waals surface area contributed by atoms with E-state index in [1.54, 1.807) is 49.6 Å². The largest absolute Gasteiger partial charge is 0.497 e. The first-order valence-electron chi connectivity index (χ1n) is 12.8. The fourth-order valence-corrected chi connectivity index (χ4v) is 4.01. The highest BCUT2D eigenvalue weighted by Gasteiger charge is 2.37. The number of imide groups is 2. The molecule has 8 heteroatoms. The molecule has 202 valence electrons. The first kappa shape index (κ1) is 27.4. The van der Waals surface area contributed by atoms with Crippen LogP contribution in [0.25, 0.3) is 6.08 Å². The highest BCUT2D eigenvalue weighted by Crippen LogP contribution is 2.30. The predicted octanol–water partition coefficient (Wildman–Crippen LogP) is 5.74. The average Bonchev–Trinajstić information content (AvgIpc) is 2.93. The van der Waals surface area contributed by atoms with E-state index >= 15 is 0 Å².